The van der Waals surface area contributed by atoms with Crippen LogP contribution in [-0.2, 0) is 6.42 Å². The van der Waals surface area contributed by atoms with Gasteiger partial charge in [0, 0.05) is 10.7 Å². The monoisotopic (exact) mass is 316 g/mol. The number of fused-ring (bicyclic) bond motifs is 1. The van der Waals surface area contributed by atoms with Crippen molar-refractivity contribution in [2.24, 2.45) is 0 Å². The van der Waals surface area contributed by atoms with Crippen molar-refractivity contribution in [1.29, 1.82) is 0 Å². The van der Waals surface area contributed by atoms with Crippen LogP contribution >= 0.6 is 11.6 Å². The fourth-order valence-electron chi connectivity index (χ4n) is 2.51. The standard InChI is InChI=1S/C17H17ClN2O2/c1-11-14(18)6-4-7-15(11)20-17(21)19-13-9-12-5-2-3-8-16(12)22-10-13/h2-8,13H,9-10H2,1H3,(H2,19,20,21)/t13-/m1/s1. The van der Waals surface area contributed by atoms with E-state index in [1.165, 1.54) is 0 Å². The van der Waals surface area contributed by atoms with Crippen molar-refractivity contribution in [3.05, 3.63) is 58.6 Å². The van der Waals surface area contributed by atoms with Crippen LogP contribution in [0.25, 0.3) is 0 Å². The van der Waals surface area contributed by atoms with E-state index >= 15 is 0 Å². The third kappa shape index (κ3) is 3.17. The van der Waals surface area contributed by atoms with Gasteiger partial charge in [0.1, 0.15) is 12.4 Å². The van der Waals surface area contributed by atoms with Crippen LogP contribution in [0.3, 0.4) is 0 Å². The lowest BCUT2D eigenvalue weighted by Gasteiger charge is -2.26. The Labute approximate surface area is 134 Å². The van der Waals surface area contributed by atoms with Crippen molar-refractivity contribution < 1.29 is 9.53 Å². The van der Waals surface area contributed by atoms with Crippen molar-refractivity contribution in [2.75, 3.05) is 11.9 Å². The Balaban J connectivity index is 1.62. The van der Waals surface area contributed by atoms with Crippen LogP contribution in [0.15, 0.2) is 42.5 Å². The molecule has 0 aliphatic carbocycles. The number of hydrogen-bond acceptors (Lipinski definition) is 2. The summed E-state index contributed by atoms with van der Waals surface area (Å²) in [6.45, 7) is 2.34. The van der Waals surface area contributed by atoms with E-state index in [1.807, 2.05) is 43.3 Å². The molecule has 2 amide bonds. The second kappa shape index (κ2) is 6.28. The highest BCUT2D eigenvalue weighted by molar-refractivity contribution is 6.31. The minimum Gasteiger partial charge on any atom is -0.491 e. The SMILES string of the molecule is Cc1c(Cl)cccc1NC(=O)N[C@H]1COc2ccccc2C1. The number of hydrogen-bond donors (Lipinski definition) is 2. The first-order chi connectivity index (χ1) is 10.6. The molecule has 1 aliphatic rings. The summed E-state index contributed by atoms with van der Waals surface area (Å²) in [6, 6.07) is 13.0. The molecule has 1 atom stereocenters. The zero-order valence-corrected chi connectivity index (χ0v) is 13.0. The molecule has 114 valence electrons. The van der Waals surface area contributed by atoms with Crippen LogP contribution < -0.4 is 15.4 Å². The Hall–Kier alpha value is -2.20. The molecule has 0 saturated heterocycles. The Morgan fingerprint density at radius 2 is 2.05 bits per heavy atom. The molecule has 0 unspecified atom stereocenters. The van der Waals surface area contributed by atoms with Gasteiger partial charge in [0.05, 0.1) is 6.04 Å². The van der Waals surface area contributed by atoms with Gasteiger partial charge in [0.15, 0.2) is 0 Å². The van der Waals surface area contributed by atoms with E-state index in [9.17, 15) is 4.79 Å². The summed E-state index contributed by atoms with van der Waals surface area (Å²) in [5.74, 6) is 0.895. The maximum atomic E-state index is 12.1. The number of amides is 2. The van der Waals surface area contributed by atoms with E-state index in [1.54, 1.807) is 6.07 Å². The van der Waals surface area contributed by atoms with Gasteiger partial charge >= 0.3 is 6.03 Å². The molecule has 2 aromatic carbocycles. The first-order valence-electron chi connectivity index (χ1n) is 7.17. The number of ether oxygens (including phenoxy) is 1. The number of carbonyl (C=O) groups excluding carboxylic acids is 1. The maximum Gasteiger partial charge on any atom is 0.319 e. The molecule has 22 heavy (non-hydrogen) atoms. The summed E-state index contributed by atoms with van der Waals surface area (Å²) in [6.07, 6.45) is 0.762. The van der Waals surface area contributed by atoms with Crippen LogP contribution in [0.5, 0.6) is 5.75 Å². The summed E-state index contributed by atoms with van der Waals surface area (Å²) >= 11 is 6.05. The van der Waals surface area contributed by atoms with Crippen molar-refractivity contribution in [1.82, 2.24) is 5.32 Å². The van der Waals surface area contributed by atoms with Gasteiger partial charge in [-0.1, -0.05) is 35.9 Å². The molecule has 5 heteroatoms. The lowest BCUT2D eigenvalue weighted by Crippen LogP contribution is -2.44. The van der Waals surface area contributed by atoms with Crippen molar-refractivity contribution in [2.45, 2.75) is 19.4 Å². The fraction of sp³-hybridized carbons (Fsp3) is 0.235. The molecule has 4 nitrogen and oxygen atoms in total. The summed E-state index contributed by atoms with van der Waals surface area (Å²) in [4.78, 5) is 12.1. The predicted octanol–water partition coefficient (Wildman–Crippen LogP) is 3.77. The van der Waals surface area contributed by atoms with Gasteiger partial charge in [-0.15, -0.1) is 0 Å². The van der Waals surface area contributed by atoms with Crippen LogP contribution in [-0.4, -0.2) is 18.7 Å². The predicted molar refractivity (Wildman–Crippen MR) is 87.8 cm³/mol. The van der Waals surface area contributed by atoms with Crippen LogP contribution in [0.1, 0.15) is 11.1 Å². The molecule has 1 aliphatic heterocycles. The summed E-state index contributed by atoms with van der Waals surface area (Å²) in [5.41, 5.74) is 2.67. The molecule has 0 radical (unpaired) electrons. The number of anilines is 1. The Bertz CT molecular complexity index is 703. The zero-order chi connectivity index (χ0) is 15.5. The van der Waals surface area contributed by atoms with Crippen molar-refractivity contribution in [3.8, 4) is 5.75 Å². The van der Waals surface area contributed by atoms with Gasteiger partial charge in [-0.25, -0.2) is 4.79 Å². The summed E-state index contributed by atoms with van der Waals surface area (Å²) in [7, 11) is 0. The van der Waals surface area contributed by atoms with Gasteiger partial charge in [-0.2, -0.15) is 0 Å². The minimum atomic E-state index is -0.252. The van der Waals surface area contributed by atoms with E-state index in [0.29, 0.717) is 17.3 Å². The molecule has 1 heterocycles. The largest absolute Gasteiger partial charge is 0.491 e. The third-order valence-electron chi connectivity index (χ3n) is 3.73. The molecule has 2 N–H and O–H groups in total. The molecule has 2 aromatic rings. The average molecular weight is 317 g/mol. The fourth-order valence-corrected chi connectivity index (χ4v) is 2.68. The Kier molecular flexibility index (Phi) is 4.20. The highest BCUT2D eigenvalue weighted by Crippen LogP contribution is 2.25. The highest BCUT2D eigenvalue weighted by Gasteiger charge is 2.21. The quantitative estimate of drug-likeness (QED) is 0.886. The molecule has 0 saturated carbocycles. The highest BCUT2D eigenvalue weighted by atomic mass is 35.5. The second-order valence-corrected chi connectivity index (χ2v) is 5.74. The molecule has 0 bridgehead atoms. The van der Waals surface area contributed by atoms with Crippen LogP contribution in [0, 0.1) is 6.92 Å². The molecule has 3 rings (SSSR count). The second-order valence-electron chi connectivity index (χ2n) is 5.33. The van der Waals surface area contributed by atoms with E-state index in [-0.39, 0.29) is 12.1 Å². The summed E-state index contributed by atoms with van der Waals surface area (Å²) in [5, 5.41) is 6.40. The maximum absolute atomic E-state index is 12.1. The molecular weight excluding hydrogens is 300 g/mol. The lowest BCUT2D eigenvalue weighted by atomic mass is 10.0. The van der Waals surface area contributed by atoms with E-state index in [0.717, 1.165) is 23.3 Å². The van der Waals surface area contributed by atoms with Gasteiger partial charge in [-0.3, -0.25) is 0 Å². The Morgan fingerprint density at radius 1 is 1.23 bits per heavy atom. The van der Waals surface area contributed by atoms with E-state index in [2.05, 4.69) is 10.6 Å². The molecule has 0 fully saturated rings. The third-order valence-corrected chi connectivity index (χ3v) is 4.14. The minimum absolute atomic E-state index is 0.0469. The van der Waals surface area contributed by atoms with E-state index in [4.69, 9.17) is 16.3 Å². The van der Waals surface area contributed by atoms with Crippen LogP contribution in [0.4, 0.5) is 10.5 Å². The number of rotatable bonds is 2. The first kappa shape index (κ1) is 14.7. The number of para-hydroxylation sites is 1. The summed E-state index contributed by atoms with van der Waals surface area (Å²) < 4.78 is 5.67. The normalized spacial score (nSPS) is 16.4. The van der Waals surface area contributed by atoms with E-state index < -0.39 is 0 Å². The van der Waals surface area contributed by atoms with Crippen molar-refractivity contribution in [3.63, 3.8) is 0 Å². The number of benzene rings is 2. The lowest BCUT2D eigenvalue weighted by molar-refractivity contribution is 0.222. The van der Waals surface area contributed by atoms with Crippen molar-refractivity contribution >= 4 is 23.3 Å². The number of halogens is 1. The smallest absolute Gasteiger partial charge is 0.319 e. The average Bonchev–Trinajstić information content (AvgIpc) is 2.52. The molecule has 0 spiro atoms. The molecular formula is C17H17ClN2O2. The number of carbonyl (C=O) groups is 1. The van der Waals surface area contributed by atoms with Gasteiger partial charge in [0.25, 0.3) is 0 Å². The first-order valence-corrected chi connectivity index (χ1v) is 7.54. The topological polar surface area (TPSA) is 50.4 Å². The number of nitrogens with one attached hydrogen (secondary N) is 2. The van der Waals surface area contributed by atoms with Gasteiger partial charge in [0.2, 0.25) is 0 Å². The number of urea groups is 1. The zero-order valence-electron chi connectivity index (χ0n) is 12.2. The van der Waals surface area contributed by atoms with Gasteiger partial charge in [-0.05, 0) is 42.7 Å². The van der Waals surface area contributed by atoms with Gasteiger partial charge < -0.3 is 15.4 Å². The van der Waals surface area contributed by atoms with Crippen LogP contribution in [0.2, 0.25) is 5.02 Å². The molecule has 0 aromatic heterocycles. The Morgan fingerprint density at radius 3 is 2.91 bits per heavy atom.